The standard InChI is InChI=1S/C9H19NS/c1-6-11-9(7(2)3)10-8(4)5/h6-10H,1H2,2-5H3. The molecule has 1 nitrogen and oxygen atoms in total. The van der Waals surface area contributed by atoms with Gasteiger partial charge in [0.15, 0.2) is 0 Å². The highest BCUT2D eigenvalue weighted by molar-refractivity contribution is 8.02. The molecule has 0 aromatic rings. The second-order valence-corrected chi connectivity index (χ2v) is 4.40. The van der Waals surface area contributed by atoms with E-state index in [2.05, 4.69) is 39.6 Å². The average Bonchev–Trinajstić information content (AvgIpc) is 1.86. The normalized spacial score (nSPS) is 14.0. The molecule has 1 N–H and O–H groups in total. The molecule has 0 aliphatic rings. The number of thioether (sulfide) groups is 1. The summed E-state index contributed by atoms with van der Waals surface area (Å²) in [5.41, 5.74) is 0. The van der Waals surface area contributed by atoms with E-state index in [9.17, 15) is 0 Å². The van der Waals surface area contributed by atoms with E-state index in [1.54, 1.807) is 11.8 Å². The van der Waals surface area contributed by atoms with Gasteiger partial charge in [0, 0.05) is 6.04 Å². The lowest BCUT2D eigenvalue weighted by Gasteiger charge is -2.22. The Morgan fingerprint density at radius 3 is 2.09 bits per heavy atom. The zero-order valence-corrected chi connectivity index (χ0v) is 8.74. The molecule has 0 aliphatic carbocycles. The zero-order valence-electron chi connectivity index (χ0n) is 7.92. The molecular formula is C9H19NS. The molecule has 11 heavy (non-hydrogen) atoms. The van der Waals surface area contributed by atoms with Gasteiger partial charge < -0.3 is 5.32 Å². The summed E-state index contributed by atoms with van der Waals surface area (Å²) in [6.07, 6.45) is 0. The minimum Gasteiger partial charge on any atom is -0.303 e. The Hall–Kier alpha value is 0.0500. The average molecular weight is 173 g/mol. The van der Waals surface area contributed by atoms with Crippen LogP contribution in [-0.4, -0.2) is 11.4 Å². The number of rotatable bonds is 5. The van der Waals surface area contributed by atoms with Crippen LogP contribution in [0.3, 0.4) is 0 Å². The molecule has 0 saturated heterocycles. The molecule has 2 heteroatoms. The first-order valence-corrected chi connectivity index (χ1v) is 5.04. The first-order valence-electron chi connectivity index (χ1n) is 4.10. The maximum absolute atomic E-state index is 3.71. The van der Waals surface area contributed by atoms with E-state index in [4.69, 9.17) is 0 Å². The van der Waals surface area contributed by atoms with Gasteiger partial charge in [0.1, 0.15) is 0 Å². The third-order valence-electron chi connectivity index (χ3n) is 1.35. The summed E-state index contributed by atoms with van der Waals surface area (Å²) < 4.78 is 0. The van der Waals surface area contributed by atoms with Crippen LogP contribution in [0.25, 0.3) is 0 Å². The van der Waals surface area contributed by atoms with Crippen LogP contribution in [0.2, 0.25) is 0 Å². The van der Waals surface area contributed by atoms with Gasteiger partial charge in [0.05, 0.1) is 5.37 Å². The first-order chi connectivity index (χ1) is 5.07. The highest BCUT2D eigenvalue weighted by Crippen LogP contribution is 2.17. The van der Waals surface area contributed by atoms with Crippen LogP contribution in [0.15, 0.2) is 12.0 Å². The third-order valence-corrected chi connectivity index (χ3v) is 2.51. The third kappa shape index (κ3) is 5.33. The maximum atomic E-state index is 3.71. The van der Waals surface area contributed by atoms with E-state index in [-0.39, 0.29) is 0 Å². The van der Waals surface area contributed by atoms with Gasteiger partial charge in [-0.1, -0.05) is 20.4 Å². The van der Waals surface area contributed by atoms with Crippen LogP contribution in [-0.2, 0) is 0 Å². The van der Waals surface area contributed by atoms with Crippen molar-refractivity contribution in [2.24, 2.45) is 5.92 Å². The second-order valence-electron chi connectivity index (χ2n) is 3.29. The van der Waals surface area contributed by atoms with Crippen LogP contribution in [0.1, 0.15) is 27.7 Å². The molecule has 0 heterocycles. The smallest absolute Gasteiger partial charge is 0.0598 e. The van der Waals surface area contributed by atoms with Crippen LogP contribution in [0.5, 0.6) is 0 Å². The molecule has 0 aromatic carbocycles. The summed E-state index contributed by atoms with van der Waals surface area (Å²) >= 11 is 1.77. The predicted octanol–water partition coefficient (Wildman–Crippen LogP) is 2.84. The van der Waals surface area contributed by atoms with Gasteiger partial charge in [-0.15, -0.1) is 11.8 Å². The van der Waals surface area contributed by atoms with Gasteiger partial charge in [-0.3, -0.25) is 0 Å². The van der Waals surface area contributed by atoms with Crippen LogP contribution < -0.4 is 5.32 Å². The molecule has 0 saturated carbocycles. The van der Waals surface area contributed by atoms with Gasteiger partial charge in [0.2, 0.25) is 0 Å². The molecule has 0 spiro atoms. The highest BCUT2D eigenvalue weighted by atomic mass is 32.2. The molecule has 0 fully saturated rings. The lowest BCUT2D eigenvalue weighted by Crippen LogP contribution is -2.35. The second kappa shape index (κ2) is 5.67. The monoisotopic (exact) mass is 173 g/mol. The van der Waals surface area contributed by atoms with Crippen molar-refractivity contribution in [3.05, 3.63) is 12.0 Å². The summed E-state index contributed by atoms with van der Waals surface area (Å²) in [5.74, 6) is 0.653. The Bertz CT molecular complexity index is 110. The topological polar surface area (TPSA) is 12.0 Å². The summed E-state index contributed by atoms with van der Waals surface area (Å²) in [6, 6.07) is 0.551. The molecule has 0 rings (SSSR count). The Balaban J connectivity index is 3.78. The SMILES string of the molecule is C=CSC(NC(C)C)C(C)C. The summed E-state index contributed by atoms with van der Waals surface area (Å²) in [5, 5.41) is 5.88. The number of hydrogen-bond donors (Lipinski definition) is 1. The van der Waals surface area contributed by atoms with E-state index in [1.165, 1.54) is 0 Å². The minimum absolute atomic E-state index is 0.507. The van der Waals surface area contributed by atoms with Crippen molar-refractivity contribution >= 4 is 11.8 Å². The van der Waals surface area contributed by atoms with Gasteiger partial charge >= 0.3 is 0 Å². The summed E-state index contributed by atoms with van der Waals surface area (Å²) in [7, 11) is 0. The molecular weight excluding hydrogens is 154 g/mol. The molecule has 0 radical (unpaired) electrons. The fraction of sp³-hybridized carbons (Fsp3) is 0.778. The van der Waals surface area contributed by atoms with Gasteiger partial charge in [-0.2, -0.15) is 0 Å². The van der Waals surface area contributed by atoms with Crippen LogP contribution in [0.4, 0.5) is 0 Å². The molecule has 1 unspecified atom stereocenters. The zero-order chi connectivity index (χ0) is 8.85. The summed E-state index contributed by atoms with van der Waals surface area (Å²) in [4.78, 5) is 0. The Morgan fingerprint density at radius 2 is 1.82 bits per heavy atom. The van der Waals surface area contributed by atoms with Crippen molar-refractivity contribution in [1.82, 2.24) is 5.32 Å². The van der Waals surface area contributed by atoms with Crippen molar-refractivity contribution in [2.75, 3.05) is 0 Å². The fourth-order valence-corrected chi connectivity index (χ4v) is 1.69. The van der Waals surface area contributed by atoms with Crippen molar-refractivity contribution < 1.29 is 0 Å². The Morgan fingerprint density at radius 1 is 1.27 bits per heavy atom. The quantitative estimate of drug-likeness (QED) is 0.642. The maximum Gasteiger partial charge on any atom is 0.0598 e. The van der Waals surface area contributed by atoms with Crippen molar-refractivity contribution in [1.29, 1.82) is 0 Å². The molecule has 0 aromatic heterocycles. The van der Waals surface area contributed by atoms with E-state index in [0.717, 1.165) is 0 Å². The largest absolute Gasteiger partial charge is 0.303 e. The van der Waals surface area contributed by atoms with E-state index in [1.807, 2.05) is 5.41 Å². The van der Waals surface area contributed by atoms with E-state index in [0.29, 0.717) is 17.3 Å². The molecule has 1 atom stereocenters. The van der Waals surface area contributed by atoms with Crippen molar-refractivity contribution in [2.45, 2.75) is 39.1 Å². The van der Waals surface area contributed by atoms with E-state index >= 15 is 0 Å². The van der Waals surface area contributed by atoms with E-state index < -0.39 is 0 Å². The van der Waals surface area contributed by atoms with Crippen molar-refractivity contribution in [3.8, 4) is 0 Å². The van der Waals surface area contributed by atoms with Gasteiger partial charge in [-0.25, -0.2) is 0 Å². The summed E-state index contributed by atoms with van der Waals surface area (Å²) in [6.45, 7) is 12.5. The molecule has 66 valence electrons. The van der Waals surface area contributed by atoms with Gasteiger partial charge in [0.25, 0.3) is 0 Å². The minimum atomic E-state index is 0.507. The van der Waals surface area contributed by atoms with Crippen LogP contribution in [0, 0.1) is 5.92 Å². The molecule has 0 aliphatic heterocycles. The number of nitrogens with one attached hydrogen (secondary N) is 1. The Labute approximate surface area is 74.6 Å². The Kier molecular flexibility index (Phi) is 5.69. The molecule has 0 amide bonds. The van der Waals surface area contributed by atoms with Crippen molar-refractivity contribution in [3.63, 3.8) is 0 Å². The van der Waals surface area contributed by atoms with Gasteiger partial charge in [-0.05, 0) is 25.2 Å². The lowest BCUT2D eigenvalue weighted by atomic mass is 10.2. The first kappa shape index (κ1) is 11.1. The fourth-order valence-electron chi connectivity index (χ4n) is 0.821. The predicted molar refractivity (Wildman–Crippen MR) is 54.7 cm³/mol. The molecule has 0 bridgehead atoms. The van der Waals surface area contributed by atoms with Crippen LogP contribution >= 0.6 is 11.8 Å². The lowest BCUT2D eigenvalue weighted by molar-refractivity contribution is 0.472. The highest BCUT2D eigenvalue weighted by Gasteiger charge is 2.12. The number of hydrogen-bond acceptors (Lipinski definition) is 2.